The molecule has 5 nitrogen and oxygen atoms in total. The highest BCUT2D eigenvalue weighted by Gasteiger charge is 2.42. The van der Waals surface area contributed by atoms with Gasteiger partial charge in [0.25, 0.3) is 0 Å². The van der Waals surface area contributed by atoms with Crippen molar-refractivity contribution in [1.82, 2.24) is 10.6 Å². The molecule has 2 aliphatic rings. The molecule has 17 heavy (non-hydrogen) atoms. The summed E-state index contributed by atoms with van der Waals surface area (Å²) in [7, 11) is 1.65. The molecule has 3 unspecified atom stereocenters. The molecule has 0 aliphatic carbocycles. The first-order valence-corrected chi connectivity index (χ1v) is 6.41. The Balaban J connectivity index is 1.55. The van der Waals surface area contributed by atoms with Crippen LogP contribution in [-0.2, 0) is 14.3 Å². The largest absolute Gasteiger partial charge is 0.382 e. The number of fused-ring (bicyclic) bond motifs is 2. The highest BCUT2D eigenvalue weighted by Crippen LogP contribution is 2.33. The van der Waals surface area contributed by atoms with Gasteiger partial charge in [-0.1, -0.05) is 0 Å². The fourth-order valence-electron chi connectivity index (χ4n) is 2.74. The number of carbonyl (C=O) groups excluding carboxylic acids is 1. The second kappa shape index (κ2) is 6.33. The van der Waals surface area contributed by atoms with E-state index in [2.05, 4.69) is 10.6 Å². The summed E-state index contributed by atoms with van der Waals surface area (Å²) in [6.45, 7) is 2.34. The molecule has 0 aromatic rings. The summed E-state index contributed by atoms with van der Waals surface area (Å²) in [4.78, 5) is 11.9. The van der Waals surface area contributed by atoms with Gasteiger partial charge in [0.15, 0.2) is 0 Å². The second-order valence-corrected chi connectivity index (χ2v) is 4.79. The lowest BCUT2D eigenvalue weighted by Gasteiger charge is -2.19. The van der Waals surface area contributed by atoms with Crippen molar-refractivity contribution < 1.29 is 14.3 Å². The third-order valence-electron chi connectivity index (χ3n) is 3.61. The van der Waals surface area contributed by atoms with E-state index in [4.69, 9.17) is 9.47 Å². The number of rotatable bonds is 7. The lowest BCUT2D eigenvalue weighted by atomic mass is 9.88. The fraction of sp³-hybridized carbons (Fsp3) is 0.917. The Morgan fingerprint density at radius 3 is 2.88 bits per heavy atom. The van der Waals surface area contributed by atoms with E-state index < -0.39 is 0 Å². The first-order chi connectivity index (χ1) is 8.31. The van der Waals surface area contributed by atoms with Crippen molar-refractivity contribution in [3.8, 4) is 0 Å². The molecule has 0 saturated carbocycles. The van der Waals surface area contributed by atoms with Gasteiger partial charge in [-0.3, -0.25) is 4.79 Å². The molecule has 5 heteroatoms. The van der Waals surface area contributed by atoms with Crippen LogP contribution in [0, 0.1) is 5.92 Å². The van der Waals surface area contributed by atoms with Gasteiger partial charge in [-0.2, -0.15) is 0 Å². The number of carbonyl (C=O) groups is 1. The zero-order chi connectivity index (χ0) is 12.1. The Hall–Kier alpha value is -0.650. The Morgan fingerprint density at radius 2 is 2.24 bits per heavy atom. The summed E-state index contributed by atoms with van der Waals surface area (Å²) < 4.78 is 10.2. The van der Waals surface area contributed by atoms with E-state index in [9.17, 15) is 4.79 Å². The minimum absolute atomic E-state index is 0.174. The Bertz CT molecular complexity index is 260. The van der Waals surface area contributed by atoms with Gasteiger partial charge in [-0.15, -0.1) is 0 Å². The average molecular weight is 242 g/mol. The predicted molar refractivity (Wildman–Crippen MR) is 63.8 cm³/mol. The molecule has 0 aromatic carbocycles. The zero-order valence-corrected chi connectivity index (χ0v) is 10.4. The van der Waals surface area contributed by atoms with Gasteiger partial charge in [-0.05, 0) is 19.3 Å². The molecule has 98 valence electrons. The van der Waals surface area contributed by atoms with Crippen LogP contribution >= 0.6 is 0 Å². The molecule has 2 rings (SSSR count). The Morgan fingerprint density at radius 1 is 1.35 bits per heavy atom. The lowest BCUT2D eigenvalue weighted by molar-refractivity contribution is -0.125. The van der Waals surface area contributed by atoms with Gasteiger partial charge in [0, 0.05) is 25.7 Å². The number of methoxy groups -OCH3 is 1. The van der Waals surface area contributed by atoms with Crippen molar-refractivity contribution in [3.63, 3.8) is 0 Å². The summed E-state index contributed by atoms with van der Waals surface area (Å²) in [6.07, 6.45) is 3.38. The normalized spacial score (nSPS) is 30.8. The predicted octanol–water partition coefficient (Wildman–Crippen LogP) is -0.0939. The third-order valence-corrected chi connectivity index (χ3v) is 3.61. The number of hydrogen-bond acceptors (Lipinski definition) is 4. The van der Waals surface area contributed by atoms with Crippen molar-refractivity contribution >= 4 is 5.91 Å². The number of amides is 1. The van der Waals surface area contributed by atoms with Crippen LogP contribution < -0.4 is 10.6 Å². The molecule has 2 aliphatic heterocycles. The van der Waals surface area contributed by atoms with Crippen molar-refractivity contribution in [2.24, 2.45) is 5.92 Å². The molecular formula is C12H22N2O3. The maximum absolute atomic E-state index is 11.9. The minimum Gasteiger partial charge on any atom is -0.382 e. The van der Waals surface area contributed by atoms with Crippen LogP contribution in [0.25, 0.3) is 0 Å². The van der Waals surface area contributed by atoms with Gasteiger partial charge < -0.3 is 20.1 Å². The molecule has 2 fully saturated rings. The quantitative estimate of drug-likeness (QED) is 0.612. The number of nitrogens with one attached hydrogen (secondary N) is 2. The molecule has 2 N–H and O–H groups in total. The van der Waals surface area contributed by atoms with Gasteiger partial charge in [0.2, 0.25) is 5.91 Å². The fourth-order valence-corrected chi connectivity index (χ4v) is 2.74. The van der Waals surface area contributed by atoms with Gasteiger partial charge in [-0.25, -0.2) is 0 Å². The van der Waals surface area contributed by atoms with Gasteiger partial charge >= 0.3 is 0 Å². The zero-order valence-electron chi connectivity index (χ0n) is 10.4. The van der Waals surface area contributed by atoms with Crippen LogP contribution in [-0.4, -0.2) is 51.5 Å². The summed E-state index contributed by atoms with van der Waals surface area (Å²) >= 11 is 0. The van der Waals surface area contributed by atoms with Crippen LogP contribution in [0.15, 0.2) is 0 Å². The van der Waals surface area contributed by atoms with E-state index in [-0.39, 0.29) is 11.8 Å². The van der Waals surface area contributed by atoms with E-state index in [1.54, 1.807) is 7.11 Å². The number of hydrogen-bond donors (Lipinski definition) is 2. The maximum atomic E-state index is 11.9. The third kappa shape index (κ3) is 3.40. The van der Waals surface area contributed by atoms with E-state index in [0.717, 1.165) is 12.8 Å². The van der Waals surface area contributed by atoms with Crippen molar-refractivity contribution in [3.05, 3.63) is 0 Å². The highest BCUT2D eigenvalue weighted by atomic mass is 16.5. The van der Waals surface area contributed by atoms with E-state index >= 15 is 0 Å². The summed E-state index contributed by atoms with van der Waals surface area (Å²) in [5.74, 6) is 0.354. The van der Waals surface area contributed by atoms with Crippen LogP contribution in [0.5, 0.6) is 0 Å². The summed E-state index contributed by atoms with van der Waals surface area (Å²) in [6, 6.07) is 0.989. The molecule has 0 aromatic heterocycles. The minimum atomic E-state index is 0.174. The molecule has 1 amide bonds. The highest BCUT2D eigenvalue weighted by molar-refractivity contribution is 5.80. The van der Waals surface area contributed by atoms with Crippen molar-refractivity contribution in [1.29, 1.82) is 0 Å². The van der Waals surface area contributed by atoms with Crippen molar-refractivity contribution in [2.45, 2.75) is 31.3 Å². The second-order valence-electron chi connectivity index (χ2n) is 4.79. The van der Waals surface area contributed by atoms with E-state index in [1.165, 1.54) is 6.42 Å². The molecule has 2 heterocycles. The van der Waals surface area contributed by atoms with Crippen molar-refractivity contribution in [2.75, 3.05) is 33.5 Å². The molecule has 2 saturated heterocycles. The Labute approximate surface area is 102 Å². The van der Waals surface area contributed by atoms with Crippen LogP contribution in [0.4, 0.5) is 0 Å². The monoisotopic (exact) mass is 242 g/mol. The van der Waals surface area contributed by atoms with Crippen LogP contribution in [0.2, 0.25) is 0 Å². The Kier molecular flexibility index (Phi) is 4.76. The maximum Gasteiger partial charge on any atom is 0.224 e. The van der Waals surface area contributed by atoms with Gasteiger partial charge in [0.05, 0.1) is 25.7 Å². The summed E-state index contributed by atoms with van der Waals surface area (Å²) in [5, 5.41) is 6.41. The SMILES string of the molecule is COCCOCCNC(=O)C1CC2CCC1N2. The molecule has 0 radical (unpaired) electrons. The summed E-state index contributed by atoms with van der Waals surface area (Å²) in [5.41, 5.74) is 0. The first kappa shape index (κ1) is 12.8. The molecule has 3 atom stereocenters. The smallest absolute Gasteiger partial charge is 0.224 e. The standard InChI is InChI=1S/C12H22N2O3/c1-16-6-7-17-5-4-13-12(15)10-8-9-2-3-11(10)14-9/h9-11,14H,2-8H2,1H3,(H,13,15). The van der Waals surface area contributed by atoms with Crippen LogP contribution in [0.3, 0.4) is 0 Å². The molecule has 2 bridgehead atoms. The lowest BCUT2D eigenvalue weighted by Crippen LogP contribution is -2.38. The average Bonchev–Trinajstić information content (AvgIpc) is 2.95. The first-order valence-electron chi connectivity index (χ1n) is 6.41. The topological polar surface area (TPSA) is 59.6 Å². The van der Waals surface area contributed by atoms with Gasteiger partial charge in [0.1, 0.15) is 0 Å². The van der Waals surface area contributed by atoms with E-state index in [1.807, 2.05) is 0 Å². The van der Waals surface area contributed by atoms with Crippen LogP contribution in [0.1, 0.15) is 19.3 Å². The number of ether oxygens (including phenoxy) is 2. The molecular weight excluding hydrogens is 220 g/mol. The van der Waals surface area contributed by atoms with E-state index in [0.29, 0.717) is 38.4 Å². The molecule has 0 spiro atoms.